The lowest BCUT2D eigenvalue weighted by Crippen LogP contribution is -2.17. The first-order chi connectivity index (χ1) is 8.37. The molecule has 0 aliphatic rings. The minimum absolute atomic E-state index is 0.248. The van der Waals surface area contributed by atoms with Gasteiger partial charge < -0.3 is 10.1 Å². The predicted molar refractivity (Wildman–Crippen MR) is 61.4 cm³/mol. The van der Waals surface area contributed by atoms with Gasteiger partial charge in [-0.3, -0.25) is 0 Å². The van der Waals surface area contributed by atoms with Gasteiger partial charge in [-0.1, -0.05) is 6.92 Å². The third-order valence-corrected chi connectivity index (χ3v) is 2.35. The lowest BCUT2D eigenvalue weighted by Gasteiger charge is -2.12. The summed E-state index contributed by atoms with van der Waals surface area (Å²) < 4.78 is 40.3. The van der Waals surface area contributed by atoms with Gasteiger partial charge in [-0.05, 0) is 13.3 Å². The maximum atomic E-state index is 11.9. The first-order valence-electron chi connectivity index (χ1n) is 5.56. The molecule has 0 fully saturated rings. The van der Waals surface area contributed by atoms with Crippen LogP contribution in [0.5, 0.6) is 0 Å². The first-order valence-corrected chi connectivity index (χ1v) is 5.56. The summed E-state index contributed by atoms with van der Waals surface area (Å²) in [6.07, 6.45) is -3.57. The van der Waals surface area contributed by atoms with E-state index in [1.165, 1.54) is 0 Å². The number of hydrogen-bond acceptors (Lipinski definition) is 4. The Bertz CT molecular complexity index is 407. The van der Waals surface area contributed by atoms with Crippen LogP contribution in [-0.4, -0.2) is 29.8 Å². The molecule has 0 saturated carbocycles. The number of ether oxygens (including phenoxy) is 1. The van der Waals surface area contributed by atoms with E-state index in [-0.39, 0.29) is 12.4 Å². The summed E-state index contributed by atoms with van der Waals surface area (Å²) in [6.45, 7) is 2.22. The number of nitrogens with zero attached hydrogens (tertiary/aromatic N) is 2. The second-order valence-electron chi connectivity index (χ2n) is 3.76. The zero-order valence-corrected chi connectivity index (χ0v) is 10.6. The van der Waals surface area contributed by atoms with Crippen LogP contribution in [0.4, 0.5) is 19.0 Å². The van der Waals surface area contributed by atoms with Crippen molar-refractivity contribution in [2.45, 2.75) is 33.1 Å². The molecule has 0 radical (unpaired) electrons. The predicted octanol–water partition coefficient (Wildman–Crippen LogP) is 2.47. The van der Waals surface area contributed by atoms with Gasteiger partial charge in [0.15, 0.2) is 5.82 Å². The van der Waals surface area contributed by atoms with Gasteiger partial charge in [0.05, 0.1) is 0 Å². The Hall–Kier alpha value is -1.37. The molecule has 0 bridgehead atoms. The number of rotatable bonds is 5. The molecule has 4 nitrogen and oxygen atoms in total. The maximum absolute atomic E-state index is 11.9. The quantitative estimate of drug-likeness (QED) is 0.886. The van der Waals surface area contributed by atoms with Gasteiger partial charge in [0.2, 0.25) is 0 Å². The van der Waals surface area contributed by atoms with E-state index in [9.17, 15) is 13.2 Å². The molecule has 7 heteroatoms. The Balaban J connectivity index is 2.76. The van der Waals surface area contributed by atoms with E-state index in [4.69, 9.17) is 0 Å². The molecular formula is C11H16F3N3O. The van der Waals surface area contributed by atoms with E-state index in [2.05, 4.69) is 20.0 Å². The van der Waals surface area contributed by atoms with E-state index in [0.29, 0.717) is 5.82 Å². The van der Waals surface area contributed by atoms with Crippen LogP contribution in [0.3, 0.4) is 0 Å². The molecule has 0 unspecified atom stereocenters. The standard InChI is InChI=1S/C11H16F3N3O/c1-4-8-7(2)16-9(17-10(8)15-3)5-18-6-11(12,13)14/h4-6H2,1-3H3,(H,15,16,17). The van der Waals surface area contributed by atoms with E-state index in [1.54, 1.807) is 14.0 Å². The number of anilines is 1. The van der Waals surface area contributed by atoms with Gasteiger partial charge >= 0.3 is 6.18 Å². The summed E-state index contributed by atoms with van der Waals surface area (Å²) in [5.41, 5.74) is 1.71. The fourth-order valence-corrected chi connectivity index (χ4v) is 1.61. The first kappa shape index (κ1) is 14.7. The lowest BCUT2D eigenvalue weighted by molar-refractivity contribution is -0.177. The highest BCUT2D eigenvalue weighted by Crippen LogP contribution is 2.18. The molecule has 102 valence electrons. The number of halogens is 3. The monoisotopic (exact) mass is 263 g/mol. The highest BCUT2D eigenvalue weighted by Gasteiger charge is 2.27. The molecule has 1 N–H and O–H groups in total. The molecule has 0 amide bonds. The molecule has 0 aliphatic heterocycles. The van der Waals surface area contributed by atoms with Crippen molar-refractivity contribution in [3.63, 3.8) is 0 Å². The van der Waals surface area contributed by atoms with Gasteiger partial charge in [-0.25, -0.2) is 9.97 Å². The molecular weight excluding hydrogens is 247 g/mol. The maximum Gasteiger partial charge on any atom is 0.411 e. The fourth-order valence-electron chi connectivity index (χ4n) is 1.61. The van der Waals surface area contributed by atoms with E-state index >= 15 is 0 Å². The van der Waals surface area contributed by atoms with Crippen LogP contribution in [0.1, 0.15) is 24.0 Å². The third-order valence-electron chi connectivity index (χ3n) is 2.35. The summed E-state index contributed by atoms with van der Waals surface area (Å²) in [6, 6.07) is 0. The molecule has 1 aromatic rings. The fraction of sp³-hybridized carbons (Fsp3) is 0.636. The van der Waals surface area contributed by atoms with Gasteiger partial charge in [0.25, 0.3) is 0 Å². The Morgan fingerprint density at radius 3 is 2.44 bits per heavy atom. The molecule has 1 heterocycles. The minimum Gasteiger partial charge on any atom is -0.373 e. The zero-order valence-electron chi connectivity index (χ0n) is 10.6. The Labute approximate surface area is 104 Å². The van der Waals surface area contributed by atoms with E-state index < -0.39 is 12.8 Å². The summed E-state index contributed by atoms with van der Waals surface area (Å²) in [4.78, 5) is 8.26. The minimum atomic E-state index is -4.33. The van der Waals surface area contributed by atoms with Crippen LogP contribution in [0.15, 0.2) is 0 Å². The molecule has 0 spiro atoms. The molecule has 1 rings (SSSR count). The van der Waals surface area contributed by atoms with Crippen LogP contribution >= 0.6 is 0 Å². The van der Waals surface area contributed by atoms with Crippen molar-refractivity contribution in [2.24, 2.45) is 0 Å². The number of nitrogens with one attached hydrogen (secondary N) is 1. The summed E-state index contributed by atoms with van der Waals surface area (Å²) in [7, 11) is 1.71. The molecule has 0 aromatic carbocycles. The van der Waals surface area contributed by atoms with Crippen molar-refractivity contribution in [3.8, 4) is 0 Å². The lowest BCUT2D eigenvalue weighted by atomic mass is 10.1. The largest absolute Gasteiger partial charge is 0.411 e. The van der Waals surface area contributed by atoms with Crippen LogP contribution in [0.2, 0.25) is 0 Å². The molecule has 18 heavy (non-hydrogen) atoms. The Morgan fingerprint density at radius 1 is 1.28 bits per heavy atom. The summed E-state index contributed by atoms with van der Waals surface area (Å²) in [5, 5.41) is 2.91. The van der Waals surface area contributed by atoms with Crippen molar-refractivity contribution in [1.82, 2.24) is 9.97 Å². The van der Waals surface area contributed by atoms with Crippen LogP contribution in [0.25, 0.3) is 0 Å². The second kappa shape index (κ2) is 5.99. The van der Waals surface area contributed by atoms with Crippen LogP contribution in [-0.2, 0) is 17.8 Å². The van der Waals surface area contributed by atoms with Crippen LogP contribution < -0.4 is 5.32 Å². The Kier molecular flexibility index (Phi) is 4.89. The van der Waals surface area contributed by atoms with Crippen molar-refractivity contribution < 1.29 is 17.9 Å². The molecule has 1 aromatic heterocycles. The number of aryl methyl sites for hydroxylation is 1. The van der Waals surface area contributed by atoms with Gasteiger partial charge in [-0.2, -0.15) is 13.2 Å². The normalized spacial score (nSPS) is 11.7. The van der Waals surface area contributed by atoms with Gasteiger partial charge in [0.1, 0.15) is 19.0 Å². The van der Waals surface area contributed by atoms with Crippen molar-refractivity contribution in [3.05, 3.63) is 17.1 Å². The summed E-state index contributed by atoms with van der Waals surface area (Å²) >= 11 is 0. The zero-order chi connectivity index (χ0) is 13.8. The van der Waals surface area contributed by atoms with E-state index in [0.717, 1.165) is 17.7 Å². The number of hydrogen-bond donors (Lipinski definition) is 1. The third kappa shape index (κ3) is 4.14. The molecule has 0 atom stereocenters. The average Bonchev–Trinajstić information content (AvgIpc) is 2.26. The average molecular weight is 263 g/mol. The topological polar surface area (TPSA) is 47.0 Å². The van der Waals surface area contributed by atoms with Gasteiger partial charge in [0, 0.05) is 18.3 Å². The van der Waals surface area contributed by atoms with Crippen LogP contribution in [0, 0.1) is 6.92 Å². The second-order valence-corrected chi connectivity index (χ2v) is 3.76. The SMILES string of the molecule is CCc1c(C)nc(COCC(F)(F)F)nc1NC. The Morgan fingerprint density at radius 2 is 1.94 bits per heavy atom. The van der Waals surface area contributed by atoms with E-state index in [1.807, 2.05) is 6.92 Å². The van der Waals surface area contributed by atoms with Gasteiger partial charge in [-0.15, -0.1) is 0 Å². The molecule has 0 saturated heterocycles. The van der Waals surface area contributed by atoms with Crippen molar-refractivity contribution >= 4 is 5.82 Å². The summed E-state index contributed by atoms with van der Waals surface area (Å²) in [5.74, 6) is 0.883. The van der Waals surface area contributed by atoms with Crippen molar-refractivity contribution in [2.75, 3.05) is 19.0 Å². The molecule has 0 aliphatic carbocycles. The number of alkyl halides is 3. The van der Waals surface area contributed by atoms with Crippen molar-refractivity contribution in [1.29, 1.82) is 0 Å². The smallest absolute Gasteiger partial charge is 0.373 e. The highest BCUT2D eigenvalue weighted by atomic mass is 19.4. The highest BCUT2D eigenvalue weighted by molar-refractivity contribution is 5.45. The number of aromatic nitrogens is 2.